The molecule has 156 valence electrons. The van der Waals surface area contributed by atoms with Crippen LogP contribution in [0.25, 0.3) is 10.9 Å². The summed E-state index contributed by atoms with van der Waals surface area (Å²) in [7, 11) is 0. The summed E-state index contributed by atoms with van der Waals surface area (Å²) in [4.78, 5) is 11.4. The molecule has 0 aliphatic heterocycles. The molecule has 0 saturated heterocycles. The molecule has 0 amide bonds. The Morgan fingerprint density at radius 1 is 0.929 bits per heavy atom. The third-order valence-electron chi connectivity index (χ3n) is 5.66. The molecule has 28 heavy (non-hydrogen) atoms. The molecule has 2 rings (SSSR count). The molecule has 1 aromatic carbocycles. The van der Waals surface area contributed by atoms with Crippen LogP contribution in [-0.2, 0) is 4.79 Å². The van der Waals surface area contributed by atoms with E-state index >= 15 is 0 Å². The molecule has 0 aliphatic rings. The quantitative estimate of drug-likeness (QED) is 0.321. The van der Waals surface area contributed by atoms with E-state index in [4.69, 9.17) is 0 Å². The van der Waals surface area contributed by atoms with Gasteiger partial charge in [-0.2, -0.15) is 0 Å². The van der Waals surface area contributed by atoms with E-state index in [0.717, 1.165) is 30.2 Å². The summed E-state index contributed by atoms with van der Waals surface area (Å²) in [5, 5.41) is 20.3. The summed E-state index contributed by atoms with van der Waals surface area (Å²) in [6, 6.07) is 7.54. The summed E-state index contributed by atoms with van der Waals surface area (Å²) < 4.78 is 1.95. The van der Waals surface area contributed by atoms with Gasteiger partial charge in [-0.15, -0.1) is 0 Å². The molecule has 0 fully saturated rings. The van der Waals surface area contributed by atoms with Gasteiger partial charge in [0.2, 0.25) is 0 Å². The Kier molecular flexibility index (Phi) is 9.95. The van der Waals surface area contributed by atoms with Gasteiger partial charge in [0, 0.05) is 17.6 Å². The van der Waals surface area contributed by atoms with Crippen LogP contribution in [0.3, 0.4) is 0 Å². The molecule has 1 atom stereocenters. The fourth-order valence-electron chi connectivity index (χ4n) is 4.07. The van der Waals surface area contributed by atoms with Crippen LogP contribution in [0, 0.1) is 0 Å². The van der Waals surface area contributed by atoms with Crippen LogP contribution < -0.4 is 0 Å². The summed E-state index contributed by atoms with van der Waals surface area (Å²) in [6.07, 6.45) is 16.8. The van der Waals surface area contributed by atoms with Gasteiger partial charge in [-0.25, -0.2) is 0 Å². The zero-order chi connectivity index (χ0) is 20.2. The van der Waals surface area contributed by atoms with Crippen molar-refractivity contribution in [3.63, 3.8) is 0 Å². The zero-order valence-electron chi connectivity index (χ0n) is 17.4. The summed E-state index contributed by atoms with van der Waals surface area (Å²) in [5.41, 5.74) is 0.911. The van der Waals surface area contributed by atoms with E-state index in [2.05, 4.69) is 6.92 Å². The first-order valence-corrected chi connectivity index (χ1v) is 11.1. The number of nitrogens with zero attached hydrogens (tertiary/aromatic N) is 1. The molecular weight excluding hydrogens is 350 g/mol. The van der Waals surface area contributed by atoms with E-state index in [1.54, 1.807) is 6.20 Å². The minimum absolute atomic E-state index is 0.0931. The van der Waals surface area contributed by atoms with Crippen molar-refractivity contribution in [2.45, 2.75) is 96.4 Å². The van der Waals surface area contributed by atoms with Crippen LogP contribution >= 0.6 is 0 Å². The summed E-state index contributed by atoms with van der Waals surface area (Å²) >= 11 is 0. The van der Waals surface area contributed by atoms with E-state index in [-0.39, 0.29) is 18.2 Å². The van der Waals surface area contributed by atoms with Crippen LogP contribution in [0.2, 0.25) is 0 Å². The molecule has 1 heterocycles. The van der Waals surface area contributed by atoms with Crippen LogP contribution in [0.5, 0.6) is 5.75 Å². The third kappa shape index (κ3) is 7.21. The highest BCUT2D eigenvalue weighted by molar-refractivity contribution is 5.86. The molecule has 4 nitrogen and oxygen atoms in total. The molecule has 4 heteroatoms. The van der Waals surface area contributed by atoms with E-state index in [9.17, 15) is 15.0 Å². The number of unbranched alkanes of at least 4 members (excludes halogenated alkanes) is 10. The topological polar surface area (TPSA) is 62.5 Å². The highest BCUT2D eigenvalue weighted by atomic mass is 16.4. The van der Waals surface area contributed by atoms with Gasteiger partial charge >= 0.3 is 5.97 Å². The highest BCUT2D eigenvalue weighted by Gasteiger charge is 2.18. The lowest BCUT2D eigenvalue weighted by atomic mass is 10.0. The number of fused-ring (bicyclic) bond motifs is 1. The number of carboxylic acid groups (broad SMARTS) is 1. The Bertz CT molecular complexity index is 707. The fourth-order valence-corrected chi connectivity index (χ4v) is 4.07. The Morgan fingerprint density at radius 3 is 2.11 bits per heavy atom. The van der Waals surface area contributed by atoms with Crippen molar-refractivity contribution in [2.75, 3.05) is 0 Å². The Morgan fingerprint density at radius 2 is 1.50 bits per heavy atom. The molecule has 1 unspecified atom stereocenters. The highest BCUT2D eigenvalue weighted by Crippen LogP contribution is 2.32. The Hall–Kier alpha value is -1.97. The second-order valence-corrected chi connectivity index (χ2v) is 8.01. The van der Waals surface area contributed by atoms with Crippen molar-refractivity contribution in [3.8, 4) is 5.75 Å². The van der Waals surface area contributed by atoms with Gasteiger partial charge in [-0.3, -0.25) is 4.79 Å². The molecule has 1 aromatic heterocycles. The Labute approximate surface area is 169 Å². The normalized spacial score (nSPS) is 12.5. The van der Waals surface area contributed by atoms with E-state index in [0.29, 0.717) is 0 Å². The SMILES string of the molecule is CCCCCCCCCCCCCC(CC(=O)O)n1cc(O)c2ccccc21. The smallest absolute Gasteiger partial charge is 0.305 e. The van der Waals surface area contributed by atoms with Crippen LogP contribution in [0.1, 0.15) is 96.4 Å². The van der Waals surface area contributed by atoms with Crippen LogP contribution in [0.4, 0.5) is 0 Å². The van der Waals surface area contributed by atoms with Gasteiger partial charge in [-0.05, 0) is 18.6 Å². The van der Waals surface area contributed by atoms with Crippen molar-refractivity contribution < 1.29 is 15.0 Å². The molecule has 2 N–H and O–H groups in total. The number of aliphatic carboxylic acids is 1. The number of carbonyl (C=O) groups is 1. The minimum Gasteiger partial charge on any atom is -0.506 e. The number of carboxylic acids is 1. The first-order valence-electron chi connectivity index (χ1n) is 11.1. The molecule has 2 aromatic rings. The lowest BCUT2D eigenvalue weighted by molar-refractivity contribution is -0.137. The maximum atomic E-state index is 11.4. The average Bonchev–Trinajstić information content (AvgIpc) is 3.02. The van der Waals surface area contributed by atoms with Gasteiger partial charge in [-0.1, -0.05) is 89.7 Å². The second-order valence-electron chi connectivity index (χ2n) is 8.01. The molecule has 0 bridgehead atoms. The number of rotatable bonds is 15. The lowest BCUT2D eigenvalue weighted by Crippen LogP contribution is -2.13. The van der Waals surface area contributed by atoms with Gasteiger partial charge in [0.1, 0.15) is 5.75 Å². The van der Waals surface area contributed by atoms with Gasteiger partial charge < -0.3 is 14.8 Å². The first-order chi connectivity index (χ1) is 13.6. The first kappa shape index (κ1) is 22.3. The predicted molar refractivity (Wildman–Crippen MR) is 116 cm³/mol. The van der Waals surface area contributed by atoms with Crippen molar-refractivity contribution in [1.82, 2.24) is 4.57 Å². The standard InChI is InChI=1S/C24H37NO3/c1-2-3-4-5-6-7-8-9-10-11-12-15-20(18-24(27)28)25-19-23(26)21-16-13-14-17-22(21)25/h13-14,16-17,19-20,26H,2-12,15,18H2,1H3,(H,27,28). The van der Waals surface area contributed by atoms with Crippen LogP contribution in [0.15, 0.2) is 30.5 Å². The predicted octanol–water partition coefficient (Wildman–Crippen LogP) is 7.06. The summed E-state index contributed by atoms with van der Waals surface area (Å²) in [6.45, 7) is 2.25. The number of para-hydroxylation sites is 1. The number of aromatic nitrogens is 1. The average molecular weight is 388 g/mol. The molecule has 0 aliphatic carbocycles. The zero-order valence-corrected chi connectivity index (χ0v) is 17.4. The molecule has 0 spiro atoms. The Balaban J connectivity index is 1.74. The third-order valence-corrected chi connectivity index (χ3v) is 5.66. The van der Waals surface area contributed by atoms with Gasteiger partial charge in [0.25, 0.3) is 0 Å². The van der Waals surface area contributed by atoms with Crippen LogP contribution in [-0.4, -0.2) is 20.7 Å². The van der Waals surface area contributed by atoms with Crippen molar-refractivity contribution in [2.24, 2.45) is 0 Å². The van der Waals surface area contributed by atoms with Gasteiger partial charge in [0.15, 0.2) is 0 Å². The largest absolute Gasteiger partial charge is 0.506 e. The van der Waals surface area contributed by atoms with Crippen molar-refractivity contribution in [1.29, 1.82) is 0 Å². The number of hydrogen-bond donors (Lipinski definition) is 2. The van der Waals surface area contributed by atoms with Gasteiger partial charge in [0.05, 0.1) is 11.9 Å². The number of hydrogen-bond acceptors (Lipinski definition) is 2. The monoisotopic (exact) mass is 387 g/mol. The lowest BCUT2D eigenvalue weighted by Gasteiger charge is -2.18. The van der Waals surface area contributed by atoms with E-state index < -0.39 is 5.97 Å². The van der Waals surface area contributed by atoms with E-state index in [1.807, 2.05) is 28.8 Å². The maximum absolute atomic E-state index is 11.4. The second kappa shape index (κ2) is 12.5. The maximum Gasteiger partial charge on any atom is 0.305 e. The molecular formula is C24H37NO3. The molecule has 0 radical (unpaired) electrons. The number of aromatic hydroxyl groups is 1. The minimum atomic E-state index is -0.787. The van der Waals surface area contributed by atoms with Crippen molar-refractivity contribution in [3.05, 3.63) is 30.5 Å². The fraction of sp³-hybridized carbons (Fsp3) is 0.625. The summed E-state index contributed by atoms with van der Waals surface area (Å²) in [5.74, 6) is -0.560. The van der Waals surface area contributed by atoms with E-state index in [1.165, 1.54) is 57.8 Å². The molecule has 0 saturated carbocycles. The number of benzene rings is 1. The van der Waals surface area contributed by atoms with Crippen molar-refractivity contribution >= 4 is 16.9 Å².